The van der Waals surface area contributed by atoms with Crippen LogP contribution in [-0.4, -0.2) is 6.21 Å². The molecule has 0 heterocycles. The van der Waals surface area contributed by atoms with Crippen LogP contribution in [0, 0.1) is 5.92 Å². The molecule has 2 nitrogen and oxygen atoms in total. The second-order valence-corrected chi connectivity index (χ2v) is 3.97. The summed E-state index contributed by atoms with van der Waals surface area (Å²) in [6.07, 6.45) is 1.87. The highest BCUT2D eigenvalue weighted by molar-refractivity contribution is 9.10. The first kappa shape index (κ1) is 10.3. The van der Waals surface area contributed by atoms with E-state index in [0.717, 1.165) is 10.2 Å². The van der Waals surface area contributed by atoms with Gasteiger partial charge in [0, 0.05) is 10.7 Å². The Morgan fingerprint density at radius 1 is 1.38 bits per heavy atom. The van der Waals surface area contributed by atoms with Crippen LogP contribution in [0.4, 0.5) is 5.69 Å². The number of halogens is 1. The molecule has 0 atom stereocenters. The molecule has 1 aromatic rings. The molecule has 3 heteroatoms. The van der Waals surface area contributed by atoms with E-state index in [2.05, 4.69) is 40.3 Å². The van der Waals surface area contributed by atoms with E-state index in [4.69, 9.17) is 0 Å². The van der Waals surface area contributed by atoms with Crippen molar-refractivity contribution >= 4 is 27.8 Å². The van der Waals surface area contributed by atoms with Crippen LogP contribution >= 0.6 is 15.9 Å². The predicted octanol–water partition coefficient (Wildman–Crippen LogP) is 3.50. The molecule has 0 aliphatic carbocycles. The minimum atomic E-state index is 0.468. The number of anilines is 1. The summed E-state index contributed by atoms with van der Waals surface area (Å²) in [4.78, 5) is 0. The molecule has 13 heavy (non-hydrogen) atoms. The van der Waals surface area contributed by atoms with Gasteiger partial charge in [-0.2, -0.15) is 5.10 Å². The number of hydrogen-bond acceptors (Lipinski definition) is 2. The SMILES string of the molecule is CC(C)C=NNc1ccccc1Br. The van der Waals surface area contributed by atoms with Gasteiger partial charge >= 0.3 is 0 Å². The van der Waals surface area contributed by atoms with E-state index in [0.29, 0.717) is 5.92 Å². The van der Waals surface area contributed by atoms with Crippen molar-refractivity contribution < 1.29 is 0 Å². The highest BCUT2D eigenvalue weighted by Gasteiger charge is 1.94. The summed E-state index contributed by atoms with van der Waals surface area (Å²) in [5, 5.41) is 4.10. The number of hydrogen-bond donors (Lipinski definition) is 1. The zero-order valence-electron chi connectivity index (χ0n) is 7.79. The summed E-state index contributed by atoms with van der Waals surface area (Å²) in [6.45, 7) is 4.18. The lowest BCUT2D eigenvalue weighted by atomic mass is 10.3. The Morgan fingerprint density at radius 3 is 2.69 bits per heavy atom. The second-order valence-electron chi connectivity index (χ2n) is 3.11. The van der Waals surface area contributed by atoms with E-state index in [9.17, 15) is 0 Å². The van der Waals surface area contributed by atoms with Crippen LogP contribution in [0.1, 0.15) is 13.8 Å². The molecule has 1 aromatic carbocycles. The quantitative estimate of drug-likeness (QED) is 0.635. The van der Waals surface area contributed by atoms with Gasteiger partial charge in [0.15, 0.2) is 0 Å². The maximum atomic E-state index is 4.10. The van der Waals surface area contributed by atoms with Gasteiger partial charge in [-0.15, -0.1) is 0 Å². The van der Waals surface area contributed by atoms with E-state index in [1.54, 1.807) is 0 Å². The topological polar surface area (TPSA) is 24.4 Å². The van der Waals surface area contributed by atoms with Gasteiger partial charge in [0.2, 0.25) is 0 Å². The Kier molecular flexibility index (Phi) is 3.96. The van der Waals surface area contributed by atoms with Crippen molar-refractivity contribution in [1.82, 2.24) is 0 Å². The van der Waals surface area contributed by atoms with Crippen LogP contribution in [0.5, 0.6) is 0 Å². The van der Waals surface area contributed by atoms with Crippen LogP contribution < -0.4 is 5.43 Å². The van der Waals surface area contributed by atoms with Gasteiger partial charge in [-0.1, -0.05) is 26.0 Å². The Bertz CT molecular complexity index is 295. The summed E-state index contributed by atoms with van der Waals surface area (Å²) < 4.78 is 1.02. The van der Waals surface area contributed by atoms with Crippen molar-refractivity contribution in [3.05, 3.63) is 28.7 Å². The van der Waals surface area contributed by atoms with Crippen molar-refractivity contribution in [1.29, 1.82) is 0 Å². The van der Waals surface area contributed by atoms with Gasteiger partial charge in [0.1, 0.15) is 0 Å². The number of benzene rings is 1. The summed E-state index contributed by atoms with van der Waals surface area (Å²) in [6, 6.07) is 7.90. The van der Waals surface area contributed by atoms with E-state index in [1.165, 1.54) is 0 Å². The number of nitrogens with zero attached hydrogens (tertiary/aromatic N) is 1. The number of nitrogens with one attached hydrogen (secondary N) is 1. The number of rotatable bonds is 3. The van der Waals surface area contributed by atoms with Crippen LogP contribution in [0.15, 0.2) is 33.8 Å². The minimum absolute atomic E-state index is 0.468. The van der Waals surface area contributed by atoms with E-state index >= 15 is 0 Å². The molecule has 0 aromatic heterocycles. The summed E-state index contributed by atoms with van der Waals surface area (Å²) >= 11 is 3.43. The molecule has 0 spiro atoms. The van der Waals surface area contributed by atoms with Gasteiger partial charge in [-0.25, -0.2) is 0 Å². The molecular weight excluding hydrogens is 228 g/mol. The van der Waals surface area contributed by atoms with Gasteiger partial charge in [0.05, 0.1) is 5.69 Å². The molecule has 0 aliphatic heterocycles. The molecule has 0 unspecified atom stereocenters. The lowest BCUT2D eigenvalue weighted by Crippen LogP contribution is -1.94. The zero-order valence-corrected chi connectivity index (χ0v) is 9.38. The second kappa shape index (κ2) is 5.02. The van der Waals surface area contributed by atoms with Gasteiger partial charge in [0.25, 0.3) is 0 Å². The highest BCUT2D eigenvalue weighted by atomic mass is 79.9. The molecule has 0 amide bonds. The molecule has 0 aliphatic rings. The molecule has 0 saturated carbocycles. The summed E-state index contributed by atoms with van der Waals surface area (Å²) in [7, 11) is 0. The number of hydrazone groups is 1. The molecule has 1 rings (SSSR count). The maximum Gasteiger partial charge on any atom is 0.0703 e. The molecule has 70 valence electrons. The summed E-state index contributed by atoms with van der Waals surface area (Å²) in [5.74, 6) is 0.468. The van der Waals surface area contributed by atoms with Crippen molar-refractivity contribution in [2.45, 2.75) is 13.8 Å². The van der Waals surface area contributed by atoms with Crippen LogP contribution in [-0.2, 0) is 0 Å². The first-order valence-electron chi connectivity index (χ1n) is 4.24. The van der Waals surface area contributed by atoms with Gasteiger partial charge < -0.3 is 0 Å². The highest BCUT2D eigenvalue weighted by Crippen LogP contribution is 2.20. The largest absolute Gasteiger partial charge is 0.278 e. The first-order valence-corrected chi connectivity index (χ1v) is 5.03. The Labute approximate surface area is 87.2 Å². The fourth-order valence-electron chi connectivity index (χ4n) is 0.808. The zero-order chi connectivity index (χ0) is 9.68. The standard InChI is InChI=1S/C10H13BrN2/c1-8(2)7-12-13-10-6-4-3-5-9(10)11/h3-8,13H,1-2H3. The third kappa shape index (κ3) is 3.59. The lowest BCUT2D eigenvalue weighted by molar-refractivity contribution is 0.904. The summed E-state index contributed by atoms with van der Waals surface area (Å²) in [5.41, 5.74) is 3.95. The Hall–Kier alpha value is -0.830. The monoisotopic (exact) mass is 240 g/mol. The molecule has 0 fully saturated rings. The normalized spacial score (nSPS) is 11.1. The third-order valence-electron chi connectivity index (χ3n) is 1.43. The molecule has 1 N–H and O–H groups in total. The smallest absolute Gasteiger partial charge is 0.0703 e. The van der Waals surface area contributed by atoms with Crippen molar-refractivity contribution in [3.8, 4) is 0 Å². The fraction of sp³-hybridized carbons (Fsp3) is 0.300. The van der Waals surface area contributed by atoms with Crippen molar-refractivity contribution in [2.24, 2.45) is 11.0 Å². The molecule has 0 bridgehead atoms. The average Bonchev–Trinajstić information content (AvgIpc) is 2.08. The predicted molar refractivity (Wildman–Crippen MR) is 61.1 cm³/mol. The number of para-hydroxylation sites is 1. The van der Waals surface area contributed by atoms with Crippen LogP contribution in [0.2, 0.25) is 0 Å². The maximum absolute atomic E-state index is 4.10. The molecule has 0 radical (unpaired) electrons. The Morgan fingerprint density at radius 2 is 2.08 bits per heavy atom. The van der Waals surface area contributed by atoms with E-state index in [1.807, 2.05) is 30.5 Å². The molecular formula is C10H13BrN2. The molecule has 0 saturated heterocycles. The first-order chi connectivity index (χ1) is 6.20. The van der Waals surface area contributed by atoms with Crippen molar-refractivity contribution in [3.63, 3.8) is 0 Å². The van der Waals surface area contributed by atoms with Gasteiger partial charge in [-0.3, -0.25) is 5.43 Å². The van der Waals surface area contributed by atoms with E-state index < -0.39 is 0 Å². The van der Waals surface area contributed by atoms with Crippen molar-refractivity contribution in [2.75, 3.05) is 5.43 Å². The van der Waals surface area contributed by atoms with Gasteiger partial charge in [-0.05, 0) is 34.0 Å². The van der Waals surface area contributed by atoms with E-state index in [-0.39, 0.29) is 0 Å². The van der Waals surface area contributed by atoms with Crippen LogP contribution in [0.25, 0.3) is 0 Å². The third-order valence-corrected chi connectivity index (χ3v) is 2.12. The Balaban J connectivity index is 2.59. The van der Waals surface area contributed by atoms with Crippen LogP contribution in [0.3, 0.4) is 0 Å². The fourth-order valence-corrected chi connectivity index (χ4v) is 1.18. The lowest BCUT2D eigenvalue weighted by Gasteiger charge is -2.02. The average molecular weight is 241 g/mol. The minimum Gasteiger partial charge on any atom is -0.278 e.